The average Bonchev–Trinajstić information content (AvgIpc) is 2.98. The summed E-state index contributed by atoms with van der Waals surface area (Å²) in [6, 6.07) is 10.8. The molecule has 1 spiro atoms. The van der Waals surface area contributed by atoms with E-state index >= 15 is 0 Å². The van der Waals surface area contributed by atoms with E-state index in [2.05, 4.69) is 11.5 Å². The quantitative estimate of drug-likeness (QED) is 0.696. The zero-order valence-corrected chi connectivity index (χ0v) is 17.0. The molecule has 0 radical (unpaired) electrons. The summed E-state index contributed by atoms with van der Waals surface area (Å²) >= 11 is 6.19. The number of fused-ring (bicyclic) bond motifs is 2. The molecule has 0 bridgehead atoms. The Bertz CT molecular complexity index is 1020. The Morgan fingerprint density at radius 2 is 1.89 bits per heavy atom. The topological polar surface area (TPSA) is 40.6 Å². The molecule has 0 saturated carbocycles. The number of likely N-dealkylation sites (tertiary alicyclic amines) is 1. The van der Waals surface area contributed by atoms with Crippen LogP contribution in [0.1, 0.15) is 18.4 Å². The lowest BCUT2D eigenvalue weighted by Crippen LogP contribution is -2.46. The summed E-state index contributed by atoms with van der Waals surface area (Å²) in [5.74, 6) is -0.344. The van der Waals surface area contributed by atoms with Gasteiger partial charge in [-0.15, -0.1) is 6.58 Å². The first kappa shape index (κ1) is 19.4. The number of benzene rings is 2. The minimum absolute atomic E-state index is 0.0769. The highest BCUT2D eigenvalue weighted by atomic mass is 35.5. The van der Waals surface area contributed by atoms with Gasteiger partial charge in [0.1, 0.15) is 10.7 Å². The Kier molecular flexibility index (Phi) is 4.98. The largest absolute Gasteiger partial charge is 0.300 e. The lowest BCUT2D eigenvalue weighted by atomic mass is 9.74. The lowest BCUT2D eigenvalue weighted by molar-refractivity contribution is 0.182. The highest BCUT2D eigenvalue weighted by Crippen LogP contribution is 2.49. The Labute approximate surface area is 170 Å². The van der Waals surface area contributed by atoms with Crippen LogP contribution >= 0.6 is 11.6 Å². The SMILES string of the molecule is C=CCN1CCC2(CC1)CN(S(=O)(=O)c1ccccc1Cl)c1ccc(F)cc12. The van der Waals surface area contributed by atoms with Crippen molar-refractivity contribution in [2.24, 2.45) is 0 Å². The first-order valence-electron chi connectivity index (χ1n) is 9.28. The molecule has 1 fully saturated rings. The Morgan fingerprint density at radius 3 is 2.57 bits per heavy atom. The molecule has 0 N–H and O–H groups in total. The second-order valence-corrected chi connectivity index (χ2v) is 9.71. The molecule has 0 amide bonds. The van der Waals surface area contributed by atoms with Crippen LogP contribution in [0.5, 0.6) is 0 Å². The minimum Gasteiger partial charge on any atom is -0.300 e. The molecule has 0 atom stereocenters. The number of hydrogen-bond acceptors (Lipinski definition) is 3. The fourth-order valence-corrected chi connectivity index (χ4v) is 6.42. The van der Waals surface area contributed by atoms with Crippen molar-refractivity contribution in [2.45, 2.75) is 23.2 Å². The number of sulfonamides is 1. The summed E-state index contributed by atoms with van der Waals surface area (Å²) in [4.78, 5) is 2.36. The fraction of sp³-hybridized carbons (Fsp3) is 0.333. The molecular formula is C21H22ClFN2O2S. The van der Waals surface area contributed by atoms with Crippen molar-refractivity contribution in [3.05, 3.63) is 71.5 Å². The standard InChI is InChI=1S/C21H22ClFN2O2S/c1-2-11-24-12-9-21(10-13-24)15-25(19-8-7-16(23)14-17(19)21)28(26,27)20-6-4-3-5-18(20)22/h2-8,14H,1,9-13,15H2. The molecule has 148 valence electrons. The molecule has 1 saturated heterocycles. The zero-order chi connectivity index (χ0) is 19.9. The zero-order valence-electron chi connectivity index (χ0n) is 15.4. The summed E-state index contributed by atoms with van der Waals surface area (Å²) in [7, 11) is -3.85. The number of rotatable bonds is 4. The number of piperidine rings is 1. The van der Waals surface area contributed by atoms with Crippen LogP contribution in [0.4, 0.5) is 10.1 Å². The monoisotopic (exact) mass is 420 g/mol. The van der Waals surface area contributed by atoms with Gasteiger partial charge in [-0.2, -0.15) is 0 Å². The predicted octanol–water partition coefficient (Wildman–Crippen LogP) is 4.21. The first-order chi connectivity index (χ1) is 13.4. The van der Waals surface area contributed by atoms with Gasteiger partial charge < -0.3 is 0 Å². The predicted molar refractivity (Wildman–Crippen MR) is 110 cm³/mol. The smallest absolute Gasteiger partial charge is 0.265 e. The molecule has 0 aromatic heterocycles. The van der Waals surface area contributed by atoms with E-state index in [1.807, 2.05) is 6.08 Å². The minimum atomic E-state index is -3.85. The maximum Gasteiger partial charge on any atom is 0.265 e. The number of hydrogen-bond donors (Lipinski definition) is 0. The van der Waals surface area contributed by atoms with Gasteiger partial charge in [0.25, 0.3) is 10.0 Å². The van der Waals surface area contributed by atoms with Crippen molar-refractivity contribution in [1.29, 1.82) is 0 Å². The van der Waals surface area contributed by atoms with Crippen LogP contribution in [0, 0.1) is 5.82 Å². The second-order valence-electron chi connectivity index (χ2n) is 7.47. The maximum absolute atomic E-state index is 14.1. The van der Waals surface area contributed by atoms with Crippen molar-refractivity contribution in [3.8, 4) is 0 Å². The van der Waals surface area contributed by atoms with Gasteiger partial charge in [-0.05, 0) is 61.8 Å². The molecule has 2 aliphatic heterocycles. The Morgan fingerprint density at radius 1 is 1.18 bits per heavy atom. The average molecular weight is 421 g/mol. The first-order valence-corrected chi connectivity index (χ1v) is 11.1. The van der Waals surface area contributed by atoms with Crippen molar-refractivity contribution in [2.75, 3.05) is 30.5 Å². The van der Waals surface area contributed by atoms with Crippen molar-refractivity contribution < 1.29 is 12.8 Å². The van der Waals surface area contributed by atoms with Gasteiger partial charge in [-0.25, -0.2) is 12.8 Å². The maximum atomic E-state index is 14.1. The van der Waals surface area contributed by atoms with Crippen LogP contribution in [-0.4, -0.2) is 39.5 Å². The summed E-state index contributed by atoms with van der Waals surface area (Å²) in [5, 5.41) is 0.188. The van der Waals surface area contributed by atoms with Gasteiger partial charge in [0.05, 0.1) is 10.7 Å². The molecule has 2 heterocycles. The van der Waals surface area contributed by atoms with Crippen LogP contribution in [0.2, 0.25) is 5.02 Å². The molecule has 7 heteroatoms. The van der Waals surface area contributed by atoms with E-state index in [-0.39, 0.29) is 21.2 Å². The fourth-order valence-electron chi connectivity index (χ4n) is 4.36. The third-order valence-electron chi connectivity index (χ3n) is 5.85. The summed E-state index contributed by atoms with van der Waals surface area (Å²) in [6.45, 7) is 6.54. The molecular weight excluding hydrogens is 399 g/mol. The van der Waals surface area contributed by atoms with Crippen LogP contribution in [0.25, 0.3) is 0 Å². The van der Waals surface area contributed by atoms with Crippen LogP contribution < -0.4 is 4.31 Å². The van der Waals surface area contributed by atoms with E-state index in [0.717, 1.165) is 38.0 Å². The summed E-state index contributed by atoms with van der Waals surface area (Å²) in [6.07, 6.45) is 3.41. The molecule has 2 aliphatic rings. The molecule has 28 heavy (non-hydrogen) atoms. The molecule has 2 aromatic carbocycles. The van der Waals surface area contributed by atoms with Gasteiger partial charge in [0.2, 0.25) is 0 Å². The number of nitrogens with zero attached hydrogens (tertiary/aromatic N) is 2. The van der Waals surface area contributed by atoms with Crippen molar-refractivity contribution >= 4 is 27.3 Å². The van der Waals surface area contributed by atoms with E-state index in [1.165, 1.54) is 22.5 Å². The van der Waals surface area contributed by atoms with E-state index in [0.29, 0.717) is 12.2 Å². The van der Waals surface area contributed by atoms with E-state index in [1.54, 1.807) is 24.3 Å². The number of halogens is 2. The van der Waals surface area contributed by atoms with E-state index < -0.39 is 10.0 Å². The van der Waals surface area contributed by atoms with Crippen molar-refractivity contribution in [1.82, 2.24) is 4.90 Å². The molecule has 0 aliphatic carbocycles. The lowest BCUT2D eigenvalue weighted by Gasteiger charge is -2.39. The van der Waals surface area contributed by atoms with Crippen molar-refractivity contribution in [3.63, 3.8) is 0 Å². The van der Waals surface area contributed by atoms with Crippen LogP contribution in [0.15, 0.2) is 60.0 Å². The van der Waals surface area contributed by atoms with Gasteiger partial charge in [-0.1, -0.05) is 29.8 Å². The summed E-state index contributed by atoms with van der Waals surface area (Å²) in [5.41, 5.74) is 0.948. The third kappa shape index (κ3) is 3.13. The highest BCUT2D eigenvalue weighted by molar-refractivity contribution is 7.93. The van der Waals surface area contributed by atoms with Crippen LogP contribution in [-0.2, 0) is 15.4 Å². The van der Waals surface area contributed by atoms with Gasteiger partial charge in [0.15, 0.2) is 0 Å². The second kappa shape index (κ2) is 7.17. The molecule has 2 aromatic rings. The van der Waals surface area contributed by atoms with Gasteiger partial charge >= 0.3 is 0 Å². The molecule has 4 rings (SSSR count). The van der Waals surface area contributed by atoms with E-state index in [9.17, 15) is 12.8 Å². The third-order valence-corrected chi connectivity index (χ3v) is 8.11. The van der Waals surface area contributed by atoms with Crippen LogP contribution in [0.3, 0.4) is 0 Å². The van der Waals surface area contributed by atoms with Gasteiger partial charge in [0, 0.05) is 18.5 Å². The van der Waals surface area contributed by atoms with E-state index in [4.69, 9.17) is 11.6 Å². The normalized spacial score (nSPS) is 19.0. The Balaban J connectivity index is 1.76. The number of anilines is 1. The Hall–Kier alpha value is -1.89. The summed E-state index contributed by atoms with van der Waals surface area (Å²) < 4.78 is 42.3. The van der Waals surface area contributed by atoms with Gasteiger partial charge in [-0.3, -0.25) is 9.21 Å². The molecule has 0 unspecified atom stereocenters. The molecule has 4 nitrogen and oxygen atoms in total. The highest BCUT2D eigenvalue weighted by Gasteiger charge is 2.48.